The van der Waals surface area contributed by atoms with Crippen LogP contribution in [0.15, 0.2) is 42.5 Å². The lowest BCUT2D eigenvalue weighted by molar-refractivity contribution is 0.0921. The van der Waals surface area contributed by atoms with Gasteiger partial charge in [-0.3, -0.25) is 4.79 Å². The topological polar surface area (TPSA) is 26.3 Å². The van der Waals surface area contributed by atoms with E-state index in [1.54, 1.807) is 24.3 Å². The minimum Gasteiger partial charge on any atom is -0.484 e. The molecule has 0 amide bonds. The quantitative estimate of drug-likeness (QED) is 0.773. The summed E-state index contributed by atoms with van der Waals surface area (Å²) in [5.41, 5.74) is 1.67. The second-order valence-corrected chi connectivity index (χ2v) is 5.00. The largest absolute Gasteiger partial charge is 0.484 e. The number of ether oxygens (including phenoxy) is 1. The third-order valence-electron chi connectivity index (χ3n) is 2.59. The first-order chi connectivity index (χ1) is 9.06. The number of halogens is 2. The Labute approximate surface area is 121 Å². The molecule has 0 spiro atoms. The molecule has 0 atom stereocenters. The van der Waals surface area contributed by atoms with Crippen LogP contribution in [0.4, 0.5) is 0 Å². The maximum absolute atomic E-state index is 12.0. The Kier molecular flexibility index (Phi) is 4.46. The normalized spacial score (nSPS) is 10.3. The van der Waals surface area contributed by atoms with Crippen LogP contribution in [-0.4, -0.2) is 12.4 Å². The highest BCUT2D eigenvalue weighted by Gasteiger charge is 2.09. The third kappa shape index (κ3) is 3.72. The maximum Gasteiger partial charge on any atom is 0.200 e. The van der Waals surface area contributed by atoms with Gasteiger partial charge in [-0.2, -0.15) is 0 Å². The lowest BCUT2D eigenvalue weighted by Crippen LogP contribution is -2.11. The van der Waals surface area contributed by atoms with Gasteiger partial charge in [-0.25, -0.2) is 0 Å². The van der Waals surface area contributed by atoms with E-state index in [-0.39, 0.29) is 12.4 Å². The maximum atomic E-state index is 12.0. The molecule has 0 aromatic heterocycles. The fourth-order valence-electron chi connectivity index (χ4n) is 1.64. The first kappa shape index (κ1) is 13.9. The van der Waals surface area contributed by atoms with E-state index in [9.17, 15) is 4.79 Å². The molecule has 19 heavy (non-hydrogen) atoms. The summed E-state index contributed by atoms with van der Waals surface area (Å²) in [5, 5.41) is 0.923. The smallest absolute Gasteiger partial charge is 0.200 e. The van der Waals surface area contributed by atoms with Crippen LogP contribution in [0.3, 0.4) is 0 Å². The molecule has 0 saturated heterocycles. The number of aryl methyl sites for hydroxylation is 1. The van der Waals surface area contributed by atoms with Crippen LogP contribution in [-0.2, 0) is 0 Å². The predicted octanol–water partition coefficient (Wildman–Crippen LogP) is 4.56. The summed E-state index contributed by atoms with van der Waals surface area (Å²) in [6.07, 6.45) is 0. The summed E-state index contributed by atoms with van der Waals surface area (Å²) in [5.74, 6) is 0.363. The van der Waals surface area contributed by atoms with Gasteiger partial charge in [0.05, 0.1) is 5.02 Å². The Morgan fingerprint density at radius 3 is 2.63 bits per heavy atom. The molecule has 0 fully saturated rings. The van der Waals surface area contributed by atoms with E-state index in [0.717, 1.165) is 5.56 Å². The SMILES string of the molecule is Cc1cccc(C(=O)COc2ccc(Cl)cc2Cl)c1. The number of hydrogen-bond acceptors (Lipinski definition) is 2. The van der Waals surface area contributed by atoms with Crippen LogP contribution >= 0.6 is 23.2 Å². The van der Waals surface area contributed by atoms with Gasteiger partial charge in [-0.1, -0.05) is 47.0 Å². The Bertz CT molecular complexity index is 609. The molecule has 0 bridgehead atoms. The summed E-state index contributed by atoms with van der Waals surface area (Å²) in [6, 6.07) is 12.3. The average Bonchev–Trinajstić information content (AvgIpc) is 2.37. The van der Waals surface area contributed by atoms with Crippen LogP contribution in [0.25, 0.3) is 0 Å². The van der Waals surface area contributed by atoms with Crippen molar-refractivity contribution in [2.45, 2.75) is 6.92 Å². The van der Waals surface area contributed by atoms with E-state index in [1.165, 1.54) is 0 Å². The van der Waals surface area contributed by atoms with Crippen molar-refractivity contribution < 1.29 is 9.53 Å². The molecule has 2 nitrogen and oxygen atoms in total. The second-order valence-electron chi connectivity index (χ2n) is 4.16. The van der Waals surface area contributed by atoms with Crippen molar-refractivity contribution in [1.29, 1.82) is 0 Å². The molecule has 98 valence electrons. The number of ketones is 1. The lowest BCUT2D eigenvalue weighted by Gasteiger charge is -2.08. The molecule has 4 heteroatoms. The number of benzene rings is 2. The Hall–Kier alpha value is -1.51. The summed E-state index contributed by atoms with van der Waals surface area (Å²) in [4.78, 5) is 12.0. The van der Waals surface area contributed by atoms with Gasteiger partial charge in [0.2, 0.25) is 0 Å². The Balaban J connectivity index is 2.04. The van der Waals surface area contributed by atoms with Crippen molar-refractivity contribution in [1.82, 2.24) is 0 Å². The zero-order chi connectivity index (χ0) is 13.8. The second kappa shape index (κ2) is 6.09. The van der Waals surface area contributed by atoms with Crippen molar-refractivity contribution in [3.8, 4) is 5.75 Å². The van der Waals surface area contributed by atoms with Gasteiger partial charge in [0.25, 0.3) is 0 Å². The highest BCUT2D eigenvalue weighted by Crippen LogP contribution is 2.27. The number of carbonyl (C=O) groups excluding carboxylic acids is 1. The molecule has 0 unspecified atom stereocenters. The minimum atomic E-state index is -0.0882. The molecule has 0 aliphatic rings. The summed E-state index contributed by atoms with van der Waals surface area (Å²) < 4.78 is 5.41. The number of hydrogen-bond donors (Lipinski definition) is 0. The molecular weight excluding hydrogens is 283 g/mol. The fourth-order valence-corrected chi connectivity index (χ4v) is 2.10. The van der Waals surface area contributed by atoms with E-state index < -0.39 is 0 Å². The van der Waals surface area contributed by atoms with Crippen LogP contribution in [0, 0.1) is 6.92 Å². The van der Waals surface area contributed by atoms with E-state index in [4.69, 9.17) is 27.9 Å². The van der Waals surface area contributed by atoms with E-state index in [0.29, 0.717) is 21.4 Å². The standard InChI is InChI=1S/C15H12Cl2O2/c1-10-3-2-4-11(7-10)14(18)9-19-15-6-5-12(16)8-13(15)17/h2-8H,9H2,1H3. The van der Waals surface area contributed by atoms with Gasteiger partial charge in [0, 0.05) is 10.6 Å². The van der Waals surface area contributed by atoms with Gasteiger partial charge in [0.1, 0.15) is 5.75 Å². The lowest BCUT2D eigenvalue weighted by atomic mass is 10.1. The van der Waals surface area contributed by atoms with Gasteiger partial charge >= 0.3 is 0 Å². The summed E-state index contributed by atoms with van der Waals surface area (Å²) in [6.45, 7) is 1.89. The summed E-state index contributed by atoms with van der Waals surface area (Å²) in [7, 11) is 0. The Morgan fingerprint density at radius 2 is 1.95 bits per heavy atom. The minimum absolute atomic E-state index is 0.0508. The molecule has 0 aliphatic heterocycles. The van der Waals surface area contributed by atoms with E-state index in [2.05, 4.69) is 0 Å². The predicted molar refractivity (Wildman–Crippen MR) is 77.5 cm³/mol. The molecule has 0 radical (unpaired) electrons. The van der Waals surface area contributed by atoms with Crippen molar-refractivity contribution in [3.05, 3.63) is 63.6 Å². The van der Waals surface area contributed by atoms with E-state index >= 15 is 0 Å². The molecule has 2 aromatic carbocycles. The van der Waals surface area contributed by atoms with Crippen molar-refractivity contribution >= 4 is 29.0 Å². The molecule has 2 rings (SSSR count). The van der Waals surface area contributed by atoms with Gasteiger partial charge in [-0.15, -0.1) is 0 Å². The van der Waals surface area contributed by atoms with Crippen LogP contribution < -0.4 is 4.74 Å². The van der Waals surface area contributed by atoms with Crippen molar-refractivity contribution in [2.75, 3.05) is 6.61 Å². The number of rotatable bonds is 4. The van der Waals surface area contributed by atoms with Gasteiger partial charge < -0.3 is 4.74 Å². The monoisotopic (exact) mass is 294 g/mol. The first-order valence-corrected chi connectivity index (χ1v) is 6.49. The highest BCUT2D eigenvalue weighted by atomic mass is 35.5. The summed E-state index contributed by atoms with van der Waals surface area (Å²) >= 11 is 11.7. The zero-order valence-electron chi connectivity index (χ0n) is 10.3. The van der Waals surface area contributed by atoms with Crippen molar-refractivity contribution in [2.24, 2.45) is 0 Å². The molecule has 2 aromatic rings. The van der Waals surface area contributed by atoms with Crippen LogP contribution in [0.5, 0.6) is 5.75 Å². The number of carbonyl (C=O) groups is 1. The van der Waals surface area contributed by atoms with E-state index in [1.807, 2.05) is 25.1 Å². The molecule has 0 aliphatic carbocycles. The molecular formula is C15H12Cl2O2. The molecule has 0 heterocycles. The highest BCUT2D eigenvalue weighted by molar-refractivity contribution is 6.35. The third-order valence-corrected chi connectivity index (χ3v) is 3.12. The fraction of sp³-hybridized carbons (Fsp3) is 0.133. The van der Waals surface area contributed by atoms with Crippen LogP contribution in [0.2, 0.25) is 10.0 Å². The molecule has 0 N–H and O–H groups in total. The van der Waals surface area contributed by atoms with Crippen LogP contribution in [0.1, 0.15) is 15.9 Å². The van der Waals surface area contributed by atoms with Crippen molar-refractivity contribution in [3.63, 3.8) is 0 Å². The van der Waals surface area contributed by atoms with Gasteiger partial charge in [0.15, 0.2) is 12.4 Å². The molecule has 0 saturated carbocycles. The number of Topliss-reactive ketones (excluding diaryl/α,β-unsaturated/α-hetero) is 1. The Morgan fingerprint density at radius 1 is 1.16 bits per heavy atom. The van der Waals surface area contributed by atoms with Gasteiger partial charge in [-0.05, 0) is 31.2 Å². The zero-order valence-corrected chi connectivity index (χ0v) is 11.8. The average molecular weight is 295 g/mol. The first-order valence-electron chi connectivity index (χ1n) is 5.74.